The molecule has 3 heterocycles. The summed E-state index contributed by atoms with van der Waals surface area (Å²) >= 11 is 0. The minimum Gasteiger partial charge on any atom is -0.256 e. The molecular weight excluding hydrogens is 823 g/mol. The van der Waals surface area contributed by atoms with E-state index in [-0.39, 0.29) is 0 Å². The first-order chi connectivity index (χ1) is 33.7. The van der Waals surface area contributed by atoms with Crippen LogP contribution in [0.15, 0.2) is 261 Å². The molecule has 322 valence electrons. The van der Waals surface area contributed by atoms with E-state index in [9.17, 15) is 0 Å². The summed E-state index contributed by atoms with van der Waals surface area (Å²) in [5, 5.41) is 0. The van der Waals surface area contributed by atoms with E-state index in [1.807, 2.05) is 24.5 Å². The first kappa shape index (κ1) is 41.9. The van der Waals surface area contributed by atoms with Gasteiger partial charge in [-0.1, -0.05) is 218 Å². The molecule has 0 atom stereocenters. The number of hydrogen-bond acceptors (Lipinski definition) is 3. The molecule has 3 aromatic heterocycles. The maximum atomic E-state index is 5.14. The van der Waals surface area contributed by atoms with E-state index < -0.39 is 0 Å². The second-order valence-corrected chi connectivity index (χ2v) is 17.2. The maximum absolute atomic E-state index is 5.14. The molecule has 0 bridgehead atoms. The van der Waals surface area contributed by atoms with Crippen LogP contribution in [-0.4, -0.2) is 15.0 Å². The molecule has 3 nitrogen and oxygen atoms in total. The first-order valence-electron chi connectivity index (χ1n) is 23.3. The molecule has 8 aromatic carbocycles. The summed E-state index contributed by atoms with van der Waals surface area (Å²) in [4.78, 5) is 15.0. The molecule has 0 amide bonds. The molecule has 0 N–H and O–H groups in total. The van der Waals surface area contributed by atoms with Gasteiger partial charge in [0, 0.05) is 46.4 Å². The molecule has 0 aliphatic heterocycles. The van der Waals surface area contributed by atoms with E-state index in [0.29, 0.717) is 0 Å². The van der Waals surface area contributed by atoms with Gasteiger partial charge in [0.05, 0.1) is 17.1 Å². The van der Waals surface area contributed by atoms with E-state index in [4.69, 9.17) is 15.0 Å². The molecule has 0 aliphatic carbocycles. The lowest BCUT2D eigenvalue weighted by Crippen LogP contribution is -1.97. The van der Waals surface area contributed by atoms with Gasteiger partial charge in [-0.2, -0.15) is 0 Å². The second-order valence-electron chi connectivity index (χ2n) is 17.2. The predicted molar refractivity (Wildman–Crippen MR) is 283 cm³/mol. The average Bonchev–Trinajstić information content (AvgIpc) is 3.43. The van der Waals surface area contributed by atoms with Gasteiger partial charge in [-0.25, -0.2) is 0 Å². The van der Waals surface area contributed by atoms with Crippen molar-refractivity contribution in [1.82, 2.24) is 15.0 Å². The highest BCUT2D eigenvalue weighted by molar-refractivity contribution is 5.94. The summed E-state index contributed by atoms with van der Waals surface area (Å²) in [5.74, 6) is 0. The van der Waals surface area contributed by atoms with Gasteiger partial charge in [0.25, 0.3) is 0 Å². The minimum absolute atomic E-state index is 0.844. The molecule has 11 rings (SSSR count). The molecular formula is C65H47N3. The monoisotopic (exact) mass is 869 g/mol. The third-order valence-corrected chi connectivity index (χ3v) is 12.8. The molecule has 68 heavy (non-hydrogen) atoms. The number of aromatic nitrogens is 3. The number of aryl methyl sites for hydroxylation is 2. The molecule has 0 unspecified atom stereocenters. The Morgan fingerprint density at radius 2 is 0.618 bits per heavy atom. The Morgan fingerprint density at radius 1 is 0.206 bits per heavy atom. The summed E-state index contributed by atoms with van der Waals surface area (Å²) in [6, 6.07) is 86.3. The number of nitrogens with zero attached hydrogens (tertiary/aromatic N) is 3. The van der Waals surface area contributed by atoms with Gasteiger partial charge in [-0.05, 0) is 104 Å². The van der Waals surface area contributed by atoms with Crippen LogP contribution in [-0.2, 0) is 12.8 Å². The fraction of sp³-hybridized carbons (Fsp3) is 0.0308. The average molecular weight is 870 g/mol. The van der Waals surface area contributed by atoms with Gasteiger partial charge in [0.2, 0.25) is 0 Å². The van der Waals surface area contributed by atoms with Crippen molar-refractivity contribution >= 4 is 0 Å². The summed E-state index contributed by atoms with van der Waals surface area (Å²) in [5.41, 5.74) is 22.3. The van der Waals surface area contributed by atoms with E-state index in [1.54, 1.807) is 0 Å². The summed E-state index contributed by atoms with van der Waals surface area (Å²) < 4.78 is 0. The van der Waals surface area contributed by atoms with E-state index >= 15 is 0 Å². The molecule has 11 aromatic rings. The van der Waals surface area contributed by atoms with Crippen LogP contribution < -0.4 is 0 Å². The fourth-order valence-electron chi connectivity index (χ4n) is 9.23. The summed E-state index contributed by atoms with van der Waals surface area (Å²) in [7, 11) is 0. The highest BCUT2D eigenvalue weighted by Gasteiger charge is 2.18. The van der Waals surface area contributed by atoms with Gasteiger partial charge >= 0.3 is 0 Å². The SMILES string of the molecule is c1ccc(-c2ccc(-c3cc(-c4ccccc4)ncc3-c3ccccc3-c3cc(CCc4ccc(-c5ccccc5)nc4)cc(-c4ccccc4-c4ccc(-c5ccccc5)nc4)c3)cc2)cc1. The Bertz CT molecular complexity index is 3440. The maximum Gasteiger partial charge on any atom is 0.0708 e. The van der Waals surface area contributed by atoms with Crippen LogP contribution in [0.4, 0.5) is 0 Å². The Kier molecular flexibility index (Phi) is 11.9. The van der Waals surface area contributed by atoms with Crippen LogP contribution in [0.25, 0.3) is 101 Å². The van der Waals surface area contributed by atoms with Crippen LogP contribution in [0.5, 0.6) is 0 Å². The smallest absolute Gasteiger partial charge is 0.0708 e. The van der Waals surface area contributed by atoms with Gasteiger partial charge in [-0.15, -0.1) is 0 Å². The van der Waals surface area contributed by atoms with Crippen molar-refractivity contribution in [3.05, 3.63) is 272 Å². The van der Waals surface area contributed by atoms with Crippen LogP contribution in [0, 0.1) is 0 Å². The van der Waals surface area contributed by atoms with Crippen molar-refractivity contribution in [3.63, 3.8) is 0 Å². The van der Waals surface area contributed by atoms with Crippen LogP contribution in [0.1, 0.15) is 11.1 Å². The van der Waals surface area contributed by atoms with Crippen LogP contribution in [0.3, 0.4) is 0 Å². The Hall–Kier alpha value is -8.79. The molecule has 0 spiro atoms. The zero-order chi connectivity index (χ0) is 45.5. The summed E-state index contributed by atoms with van der Waals surface area (Å²) in [6.07, 6.45) is 7.81. The zero-order valence-corrected chi connectivity index (χ0v) is 37.6. The third kappa shape index (κ3) is 9.07. The summed E-state index contributed by atoms with van der Waals surface area (Å²) in [6.45, 7) is 0. The van der Waals surface area contributed by atoms with Gasteiger partial charge in [-0.3, -0.25) is 15.0 Å². The van der Waals surface area contributed by atoms with Crippen molar-refractivity contribution in [2.45, 2.75) is 12.8 Å². The van der Waals surface area contributed by atoms with Gasteiger partial charge in [0.15, 0.2) is 0 Å². The van der Waals surface area contributed by atoms with E-state index in [0.717, 1.165) is 102 Å². The fourth-order valence-corrected chi connectivity index (χ4v) is 9.23. The minimum atomic E-state index is 0.844. The standard InChI is InChI=1S/C65H47N3/c1-5-17-48(18-6-1)49-32-34-50(35-33-49)61-42-65(53-23-11-4-12-24-53)68-45-62(61)60-28-16-15-27-59(60)56-40-47(30-29-46-31-37-63(66-43-46)51-19-7-2-8-20-51)39-55(41-56)58-26-14-13-25-57(58)54-36-38-64(67-44-54)52-21-9-3-10-22-52/h1-28,31-45H,29-30H2. The molecule has 0 fully saturated rings. The Balaban J connectivity index is 1.02. The molecule has 3 heteroatoms. The largest absolute Gasteiger partial charge is 0.256 e. The molecule has 0 radical (unpaired) electrons. The number of pyridine rings is 3. The zero-order valence-electron chi connectivity index (χ0n) is 37.6. The highest BCUT2D eigenvalue weighted by atomic mass is 14.7. The number of benzene rings is 8. The lowest BCUT2D eigenvalue weighted by Gasteiger charge is -2.18. The highest BCUT2D eigenvalue weighted by Crippen LogP contribution is 2.42. The normalized spacial score (nSPS) is 11.1. The van der Waals surface area contributed by atoms with Crippen LogP contribution in [0.2, 0.25) is 0 Å². The van der Waals surface area contributed by atoms with Crippen molar-refractivity contribution in [1.29, 1.82) is 0 Å². The van der Waals surface area contributed by atoms with Gasteiger partial charge < -0.3 is 0 Å². The van der Waals surface area contributed by atoms with E-state index in [2.05, 4.69) is 237 Å². The quantitative estimate of drug-likeness (QED) is 0.123. The Morgan fingerprint density at radius 3 is 1.16 bits per heavy atom. The molecule has 0 saturated heterocycles. The first-order valence-corrected chi connectivity index (χ1v) is 23.3. The third-order valence-electron chi connectivity index (χ3n) is 12.8. The Labute approximate surface area is 398 Å². The number of rotatable bonds is 12. The van der Waals surface area contributed by atoms with Crippen molar-refractivity contribution < 1.29 is 0 Å². The predicted octanol–water partition coefficient (Wildman–Crippen LogP) is 16.7. The van der Waals surface area contributed by atoms with Gasteiger partial charge in [0.1, 0.15) is 0 Å². The van der Waals surface area contributed by atoms with E-state index in [1.165, 1.54) is 22.3 Å². The van der Waals surface area contributed by atoms with Crippen molar-refractivity contribution in [2.75, 3.05) is 0 Å². The number of hydrogen-bond donors (Lipinski definition) is 0. The lowest BCUT2D eigenvalue weighted by molar-refractivity contribution is 0.951. The van der Waals surface area contributed by atoms with Crippen molar-refractivity contribution in [2.24, 2.45) is 0 Å². The van der Waals surface area contributed by atoms with Crippen LogP contribution >= 0.6 is 0 Å². The molecule has 0 saturated carbocycles. The second kappa shape index (κ2) is 19.4. The topological polar surface area (TPSA) is 38.7 Å². The lowest BCUT2D eigenvalue weighted by atomic mass is 9.86. The van der Waals surface area contributed by atoms with Crippen molar-refractivity contribution in [3.8, 4) is 101 Å². The molecule has 0 aliphatic rings.